The topological polar surface area (TPSA) is 49.3 Å². The van der Waals surface area contributed by atoms with E-state index in [-0.39, 0.29) is 5.92 Å². The van der Waals surface area contributed by atoms with Crippen molar-refractivity contribution in [1.29, 1.82) is 0 Å². The van der Waals surface area contributed by atoms with Gasteiger partial charge >= 0.3 is 0 Å². The van der Waals surface area contributed by atoms with Gasteiger partial charge in [0.05, 0.1) is 4.88 Å². The van der Waals surface area contributed by atoms with Crippen molar-refractivity contribution in [1.82, 2.24) is 15.1 Å². The predicted octanol–water partition coefficient (Wildman–Crippen LogP) is 3.68. The van der Waals surface area contributed by atoms with Gasteiger partial charge in [0.1, 0.15) is 5.69 Å². The highest BCUT2D eigenvalue weighted by molar-refractivity contribution is 7.13. The number of thiophene rings is 1. The molecule has 2 aliphatic heterocycles. The lowest BCUT2D eigenvalue weighted by Crippen LogP contribution is -2.45. The Bertz CT molecular complexity index is 715. The fourth-order valence-electron chi connectivity index (χ4n) is 3.89. The first-order valence-electron chi connectivity index (χ1n) is 9.62. The molecular formula is C20H26N4OS. The van der Waals surface area contributed by atoms with Crippen molar-refractivity contribution in [2.45, 2.75) is 32.6 Å². The van der Waals surface area contributed by atoms with E-state index < -0.39 is 0 Å². The minimum absolute atomic E-state index is 0.179. The van der Waals surface area contributed by atoms with Crippen LogP contribution in [-0.2, 0) is 4.79 Å². The lowest BCUT2D eigenvalue weighted by atomic mass is 9.92. The third kappa shape index (κ3) is 3.75. The number of hydrogen-bond donors (Lipinski definition) is 0. The Morgan fingerprint density at radius 1 is 1.04 bits per heavy atom. The van der Waals surface area contributed by atoms with Gasteiger partial charge in [-0.2, -0.15) is 0 Å². The summed E-state index contributed by atoms with van der Waals surface area (Å²) in [4.78, 5) is 18.3. The van der Waals surface area contributed by atoms with Crippen LogP contribution in [0.5, 0.6) is 0 Å². The van der Waals surface area contributed by atoms with Gasteiger partial charge in [0.2, 0.25) is 5.91 Å². The molecule has 6 heteroatoms. The first-order chi connectivity index (χ1) is 12.7. The molecule has 0 saturated carbocycles. The minimum Gasteiger partial charge on any atom is -0.355 e. The Labute approximate surface area is 159 Å². The highest BCUT2D eigenvalue weighted by Gasteiger charge is 2.30. The van der Waals surface area contributed by atoms with Crippen LogP contribution < -0.4 is 4.90 Å². The number of likely N-dealkylation sites (tertiary alicyclic amines) is 1. The summed E-state index contributed by atoms with van der Waals surface area (Å²) in [5.74, 6) is 2.23. The summed E-state index contributed by atoms with van der Waals surface area (Å²) in [6.07, 6.45) is 4.13. The molecule has 0 spiro atoms. The van der Waals surface area contributed by atoms with Crippen LogP contribution in [0, 0.1) is 11.8 Å². The molecule has 0 bridgehead atoms. The first kappa shape index (κ1) is 17.5. The van der Waals surface area contributed by atoms with Crippen molar-refractivity contribution in [3.8, 4) is 10.6 Å². The highest BCUT2D eigenvalue weighted by atomic mass is 32.1. The Kier molecular flexibility index (Phi) is 5.20. The van der Waals surface area contributed by atoms with Gasteiger partial charge in [-0.25, -0.2) is 0 Å². The summed E-state index contributed by atoms with van der Waals surface area (Å²) in [7, 11) is 0. The van der Waals surface area contributed by atoms with Crippen LogP contribution in [0.1, 0.15) is 32.6 Å². The zero-order valence-corrected chi connectivity index (χ0v) is 16.1. The van der Waals surface area contributed by atoms with E-state index in [0.29, 0.717) is 5.91 Å². The maximum Gasteiger partial charge on any atom is 0.225 e. The molecule has 2 aromatic heterocycles. The van der Waals surface area contributed by atoms with Gasteiger partial charge in [0, 0.05) is 32.1 Å². The minimum atomic E-state index is 0.179. The molecule has 0 radical (unpaired) electrons. The van der Waals surface area contributed by atoms with Gasteiger partial charge < -0.3 is 9.80 Å². The molecule has 138 valence electrons. The van der Waals surface area contributed by atoms with Crippen LogP contribution in [0.15, 0.2) is 29.6 Å². The molecule has 0 atom stereocenters. The van der Waals surface area contributed by atoms with Gasteiger partial charge in [-0.05, 0) is 55.2 Å². The number of anilines is 1. The Hall–Kier alpha value is -1.95. The molecule has 0 unspecified atom stereocenters. The molecular weight excluding hydrogens is 344 g/mol. The quantitative estimate of drug-likeness (QED) is 0.827. The summed E-state index contributed by atoms with van der Waals surface area (Å²) >= 11 is 1.68. The third-order valence-corrected chi connectivity index (χ3v) is 6.58. The van der Waals surface area contributed by atoms with Crippen molar-refractivity contribution < 1.29 is 4.79 Å². The average molecular weight is 371 g/mol. The molecule has 2 aromatic rings. The van der Waals surface area contributed by atoms with E-state index in [1.165, 1.54) is 0 Å². The number of carbonyl (C=O) groups excluding carboxylic acids is 1. The molecule has 4 rings (SSSR count). The van der Waals surface area contributed by atoms with E-state index >= 15 is 0 Å². The first-order valence-corrected chi connectivity index (χ1v) is 10.5. The molecule has 1 amide bonds. The summed E-state index contributed by atoms with van der Waals surface area (Å²) in [5, 5.41) is 10.8. The van der Waals surface area contributed by atoms with Crippen molar-refractivity contribution >= 4 is 23.1 Å². The largest absolute Gasteiger partial charge is 0.355 e. The zero-order chi connectivity index (χ0) is 17.9. The van der Waals surface area contributed by atoms with E-state index in [1.807, 2.05) is 12.1 Å². The second-order valence-electron chi connectivity index (χ2n) is 7.52. The standard InChI is InChI=1S/C20H26N4OS/c1-15-6-10-24(11-7-15)20(25)16-8-12-23(13-9-16)19-5-4-17(21-22-19)18-3-2-14-26-18/h2-5,14-16H,6-13H2,1H3. The third-order valence-electron chi connectivity index (χ3n) is 5.69. The average Bonchev–Trinajstić information content (AvgIpc) is 3.23. The van der Waals surface area contributed by atoms with Gasteiger partial charge in [-0.1, -0.05) is 13.0 Å². The number of aromatic nitrogens is 2. The molecule has 4 heterocycles. The van der Waals surface area contributed by atoms with Gasteiger partial charge in [0.15, 0.2) is 5.82 Å². The number of piperidine rings is 2. The molecule has 5 nitrogen and oxygen atoms in total. The number of rotatable bonds is 3. The maximum absolute atomic E-state index is 12.8. The van der Waals surface area contributed by atoms with Gasteiger partial charge in [0.25, 0.3) is 0 Å². The van der Waals surface area contributed by atoms with Crippen LogP contribution in [-0.4, -0.2) is 47.2 Å². The van der Waals surface area contributed by atoms with Crippen molar-refractivity contribution in [3.05, 3.63) is 29.6 Å². The predicted molar refractivity (Wildman–Crippen MR) is 105 cm³/mol. The van der Waals surface area contributed by atoms with E-state index in [1.54, 1.807) is 11.3 Å². The Balaban J connectivity index is 1.32. The van der Waals surface area contributed by atoms with E-state index in [2.05, 4.69) is 44.4 Å². The normalized spacial score (nSPS) is 19.7. The highest BCUT2D eigenvalue weighted by Crippen LogP contribution is 2.27. The lowest BCUT2D eigenvalue weighted by Gasteiger charge is -2.37. The van der Waals surface area contributed by atoms with Crippen molar-refractivity contribution in [2.75, 3.05) is 31.1 Å². The van der Waals surface area contributed by atoms with Crippen LogP contribution in [0.4, 0.5) is 5.82 Å². The monoisotopic (exact) mass is 370 g/mol. The fourth-order valence-corrected chi connectivity index (χ4v) is 4.58. The molecule has 0 aromatic carbocycles. The number of nitrogens with zero attached hydrogens (tertiary/aromatic N) is 4. The number of amides is 1. The molecule has 0 aliphatic carbocycles. The van der Waals surface area contributed by atoms with Crippen LogP contribution in [0.25, 0.3) is 10.6 Å². The van der Waals surface area contributed by atoms with E-state index in [4.69, 9.17) is 0 Å². The van der Waals surface area contributed by atoms with Gasteiger partial charge in [-0.3, -0.25) is 4.79 Å². The SMILES string of the molecule is CC1CCN(C(=O)C2CCN(c3ccc(-c4cccs4)nn3)CC2)CC1. The van der Waals surface area contributed by atoms with Crippen LogP contribution >= 0.6 is 11.3 Å². The molecule has 0 N–H and O–H groups in total. The molecule has 2 aliphatic rings. The lowest BCUT2D eigenvalue weighted by molar-refractivity contribution is -0.137. The maximum atomic E-state index is 12.8. The van der Waals surface area contributed by atoms with E-state index in [9.17, 15) is 4.79 Å². The summed E-state index contributed by atoms with van der Waals surface area (Å²) < 4.78 is 0. The fraction of sp³-hybridized carbons (Fsp3) is 0.550. The molecule has 26 heavy (non-hydrogen) atoms. The summed E-state index contributed by atoms with van der Waals surface area (Å²) in [6, 6.07) is 8.18. The van der Waals surface area contributed by atoms with Crippen molar-refractivity contribution in [2.24, 2.45) is 11.8 Å². The van der Waals surface area contributed by atoms with Crippen molar-refractivity contribution in [3.63, 3.8) is 0 Å². The van der Waals surface area contributed by atoms with Crippen LogP contribution in [0.2, 0.25) is 0 Å². The summed E-state index contributed by atoms with van der Waals surface area (Å²) in [5.41, 5.74) is 0.924. The van der Waals surface area contributed by atoms with Crippen LogP contribution in [0.3, 0.4) is 0 Å². The van der Waals surface area contributed by atoms with Gasteiger partial charge in [-0.15, -0.1) is 21.5 Å². The number of hydrogen-bond acceptors (Lipinski definition) is 5. The van der Waals surface area contributed by atoms with E-state index in [0.717, 1.165) is 74.2 Å². The second-order valence-corrected chi connectivity index (χ2v) is 8.47. The Morgan fingerprint density at radius 2 is 1.81 bits per heavy atom. The molecule has 2 saturated heterocycles. The number of carbonyl (C=O) groups is 1. The Morgan fingerprint density at radius 3 is 2.42 bits per heavy atom. The second kappa shape index (κ2) is 7.74. The molecule has 2 fully saturated rings. The smallest absolute Gasteiger partial charge is 0.225 e. The summed E-state index contributed by atoms with van der Waals surface area (Å²) in [6.45, 7) is 5.93. The zero-order valence-electron chi connectivity index (χ0n) is 15.3.